The summed E-state index contributed by atoms with van der Waals surface area (Å²) < 4.78 is 1.89. The minimum atomic E-state index is 0.747. The highest BCUT2D eigenvalue weighted by molar-refractivity contribution is 5.93. The van der Waals surface area contributed by atoms with Crippen LogP contribution in [0.25, 0.3) is 16.7 Å². The van der Waals surface area contributed by atoms with E-state index in [9.17, 15) is 0 Å². The molecule has 27 heavy (non-hydrogen) atoms. The lowest BCUT2D eigenvalue weighted by atomic mass is 10.1. The summed E-state index contributed by atoms with van der Waals surface area (Å²) in [6.07, 6.45) is 1.98. The normalized spacial score (nSPS) is 11.4. The summed E-state index contributed by atoms with van der Waals surface area (Å²) in [6.45, 7) is 10.5. The van der Waals surface area contributed by atoms with Crippen LogP contribution in [0.5, 0.6) is 0 Å². The number of aryl methyl sites for hydroxylation is 5. The molecule has 3 heterocycles. The zero-order valence-electron chi connectivity index (χ0n) is 16.6. The van der Waals surface area contributed by atoms with Crippen molar-refractivity contribution >= 4 is 28.2 Å². The van der Waals surface area contributed by atoms with Gasteiger partial charge in [-0.15, -0.1) is 5.10 Å². The molecule has 3 aromatic heterocycles. The third-order valence-corrected chi connectivity index (χ3v) is 5.01. The lowest BCUT2D eigenvalue weighted by molar-refractivity contribution is 0.864. The highest BCUT2D eigenvalue weighted by Gasteiger charge is 2.15. The van der Waals surface area contributed by atoms with Crippen LogP contribution in [0.3, 0.4) is 0 Å². The highest BCUT2D eigenvalue weighted by Crippen LogP contribution is 2.27. The second-order valence-electron chi connectivity index (χ2n) is 7.32. The lowest BCUT2D eigenvalue weighted by Gasteiger charge is -2.12. The molecule has 0 amide bonds. The van der Waals surface area contributed by atoms with Crippen LogP contribution < -0.4 is 5.32 Å². The Kier molecular flexibility index (Phi) is 4.30. The Morgan fingerprint density at radius 2 is 1.74 bits per heavy atom. The molecule has 0 spiro atoms. The zero-order chi connectivity index (χ0) is 19.1. The van der Waals surface area contributed by atoms with Crippen LogP contribution in [-0.2, 0) is 6.42 Å². The number of nitrogens with zero attached hydrogens (tertiary/aromatic N) is 4. The van der Waals surface area contributed by atoms with Crippen molar-refractivity contribution in [1.82, 2.24) is 19.6 Å². The maximum absolute atomic E-state index is 4.90. The first kappa shape index (κ1) is 17.5. The summed E-state index contributed by atoms with van der Waals surface area (Å²) in [6, 6.07) is 10.6. The van der Waals surface area contributed by atoms with Crippen LogP contribution in [0.4, 0.5) is 11.5 Å². The number of pyridine rings is 1. The fraction of sp³-hybridized carbons (Fsp3) is 0.318. The predicted molar refractivity (Wildman–Crippen MR) is 111 cm³/mol. The highest BCUT2D eigenvalue weighted by atomic mass is 15.3. The molecule has 0 radical (unpaired) electrons. The summed E-state index contributed by atoms with van der Waals surface area (Å²) >= 11 is 0. The van der Waals surface area contributed by atoms with E-state index in [1.165, 1.54) is 11.1 Å². The molecule has 0 unspecified atom stereocenters. The van der Waals surface area contributed by atoms with E-state index >= 15 is 0 Å². The molecule has 0 saturated heterocycles. The van der Waals surface area contributed by atoms with Crippen molar-refractivity contribution in [3.63, 3.8) is 0 Å². The quantitative estimate of drug-likeness (QED) is 0.543. The van der Waals surface area contributed by atoms with Gasteiger partial charge in [-0.3, -0.25) is 0 Å². The summed E-state index contributed by atoms with van der Waals surface area (Å²) in [5.74, 6) is 0.918. The van der Waals surface area contributed by atoms with Gasteiger partial charge in [0, 0.05) is 23.1 Å². The number of nitrogens with one attached hydrogen (secondary N) is 1. The lowest BCUT2D eigenvalue weighted by Crippen LogP contribution is -2.04. The number of anilines is 2. The molecule has 5 nitrogen and oxygen atoms in total. The van der Waals surface area contributed by atoms with Crippen molar-refractivity contribution in [3.8, 4) is 0 Å². The average molecular weight is 359 g/mol. The Morgan fingerprint density at radius 1 is 0.926 bits per heavy atom. The van der Waals surface area contributed by atoms with Crippen molar-refractivity contribution < 1.29 is 0 Å². The van der Waals surface area contributed by atoms with Crippen molar-refractivity contribution in [1.29, 1.82) is 0 Å². The number of aromatic nitrogens is 4. The van der Waals surface area contributed by atoms with E-state index in [0.29, 0.717) is 0 Å². The van der Waals surface area contributed by atoms with E-state index in [0.717, 1.165) is 58.0 Å². The molecular formula is C22H25N5. The van der Waals surface area contributed by atoms with E-state index in [1.807, 2.05) is 11.4 Å². The first-order valence-electron chi connectivity index (χ1n) is 9.47. The Morgan fingerprint density at radius 3 is 2.48 bits per heavy atom. The molecule has 0 saturated carbocycles. The van der Waals surface area contributed by atoms with Gasteiger partial charge in [-0.25, -0.2) is 9.97 Å². The van der Waals surface area contributed by atoms with E-state index in [1.54, 1.807) is 0 Å². The van der Waals surface area contributed by atoms with E-state index in [-0.39, 0.29) is 0 Å². The number of hydrogen-bond donors (Lipinski definition) is 1. The van der Waals surface area contributed by atoms with Gasteiger partial charge in [0.05, 0.1) is 5.39 Å². The molecule has 4 rings (SSSR count). The SMILES string of the molecule is CCCc1cc(Nc2ccc(C)c(C)c2)n2nc3nc(C)cc(C)c3c2n1. The van der Waals surface area contributed by atoms with Crippen LogP contribution in [0.2, 0.25) is 0 Å². The van der Waals surface area contributed by atoms with Crippen molar-refractivity contribution in [2.24, 2.45) is 0 Å². The molecular weight excluding hydrogens is 334 g/mol. The van der Waals surface area contributed by atoms with Crippen molar-refractivity contribution in [3.05, 3.63) is 58.4 Å². The fourth-order valence-electron chi connectivity index (χ4n) is 3.51. The van der Waals surface area contributed by atoms with Gasteiger partial charge in [0.15, 0.2) is 11.3 Å². The van der Waals surface area contributed by atoms with E-state index < -0.39 is 0 Å². The van der Waals surface area contributed by atoms with Crippen molar-refractivity contribution in [2.45, 2.75) is 47.5 Å². The molecule has 0 bridgehead atoms. The first-order chi connectivity index (χ1) is 13.0. The standard InChI is InChI=1S/C22H25N5/c1-6-7-17-12-19(24-18-9-8-13(2)14(3)11-18)27-22(25-17)20-15(4)10-16(5)23-21(20)26-27/h8-12,24H,6-7H2,1-5H3. The number of rotatable bonds is 4. The van der Waals surface area contributed by atoms with Gasteiger partial charge in [-0.2, -0.15) is 4.52 Å². The van der Waals surface area contributed by atoms with Crippen LogP contribution in [0.1, 0.15) is 41.4 Å². The van der Waals surface area contributed by atoms with Gasteiger partial charge in [0.25, 0.3) is 0 Å². The van der Waals surface area contributed by atoms with Gasteiger partial charge in [0.2, 0.25) is 0 Å². The smallest absolute Gasteiger partial charge is 0.184 e. The Hall–Kier alpha value is -2.95. The van der Waals surface area contributed by atoms with Crippen LogP contribution >= 0.6 is 0 Å². The largest absolute Gasteiger partial charge is 0.340 e. The number of fused-ring (bicyclic) bond motifs is 3. The van der Waals surface area contributed by atoms with Gasteiger partial charge >= 0.3 is 0 Å². The molecule has 138 valence electrons. The maximum atomic E-state index is 4.90. The molecule has 0 aliphatic carbocycles. The van der Waals surface area contributed by atoms with E-state index in [2.05, 4.69) is 68.3 Å². The third-order valence-electron chi connectivity index (χ3n) is 5.01. The Labute approximate surface area is 159 Å². The topological polar surface area (TPSA) is 55.1 Å². The van der Waals surface area contributed by atoms with Gasteiger partial charge in [0.1, 0.15) is 5.82 Å². The predicted octanol–water partition coefficient (Wildman–Crippen LogP) is 5.21. The molecule has 1 N–H and O–H groups in total. The molecule has 0 fully saturated rings. The molecule has 0 atom stereocenters. The third kappa shape index (κ3) is 3.14. The number of benzene rings is 1. The van der Waals surface area contributed by atoms with Crippen LogP contribution in [0, 0.1) is 27.7 Å². The average Bonchev–Trinajstić information content (AvgIpc) is 2.97. The minimum Gasteiger partial charge on any atom is -0.340 e. The summed E-state index contributed by atoms with van der Waals surface area (Å²) in [5.41, 5.74) is 8.41. The molecule has 0 aliphatic rings. The molecule has 4 aromatic rings. The van der Waals surface area contributed by atoms with Crippen molar-refractivity contribution in [2.75, 3.05) is 5.32 Å². The van der Waals surface area contributed by atoms with Gasteiger partial charge < -0.3 is 5.32 Å². The maximum Gasteiger partial charge on any atom is 0.184 e. The van der Waals surface area contributed by atoms with Gasteiger partial charge in [-0.05, 0) is 69.0 Å². The molecule has 5 heteroatoms. The second kappa shape index (κ2) is 6.65. The van der Waals surface area contributed by atoms with E-state index in [4.69, 9.17) is 10.1 Å². The van der Waals surface area contributed by atoms with Crippen LogP contribution in [0.15, 0.2) is 30.3 Å². The Balaban J connectivity index is 1.94. The summed E-state index contributed by atoms with van der Waals surface area (Å²) in [4.78, 5) is 9.52. The summed E-state index contributed by atoms with van der Waals surface area (Å²) in [5, 5.41) is 9.33. The number of hydrogen-bond acceptors (Lipinski definition) is 4. The minimum absolute atomic E-state index is 0.747. The first-order valence-corrected chi connectivity index (χ1v) is 9.47. The zero-order valence-corrected chi connectivity index (χ0v) is 16.6. The fourth-order valence-corrected chi connectivity index (χ4v) is 3.51. The monoisotopic (exact) mass is 359 g/mol. The second-order valence-corrected chi connectivity index (χ2v) is 7.32. The van der Waals surface area contributed by atoms with Gasteiger partial charge in [-0.1, -0.05) is 19.4 Å². The Bertz CT molecular complexity index is 1160. The molecule has 0 aliphatic heterocycles. The van der Waals surface area contributed by atoms with Crippen LogP contribution in [-0.4, -0.2) is 19.6 Å². The molecule has 1 aromatic carbocycles. The summed E-state index contributed by atoms with van der Waals surface area (Å²) in [7, 11) is 0.